The SMILES string of the molecule is O=C(O)CC#Cc1c(F)cc(Br)cc1F. The fourth-order valence-electron chi connectivity index (χ4n) is 0.870. The van der Waals surface area contributed by atoms with Gasteiger partial charge in [-0.05, 0) is 12.1 Å². The summed E-state index contributed by atoms with van der Waals surface area (Å²) in [6, 6.07) is 2.13. The van der Waals surface area contributed by atoms with E-state index in [2.05, 4.69) is 27.8 Å². The van der Waals surface area contributed by atoms with E-state index in [0.29, 0.717) is 0 Å². The van der Waals surface area contributed by atoms with Crippen LogP contribution in [0, 0.1) is 23.5 Å². The maximum Gasteiger partial charge on any atom is 0.315 e. The van der Waals surface area contributed by atoms with Crippen molar-refractivity contribution in [3.05, 3.63) is 33.8 Å². The largest absolute Gasteiger partial charge is 0.481 e. The van der Waals surface area contributed by atoms with Gasteiger partial charge in [-0.3, -0.25) is 4.79 Å². The average Bonchev–Trinajstić information content (AvgIpc) is 2.08. The summed E-state index contributed by atoms with van der Waals surface area (Å²) >= 11 is 2.92. The van der Waals surface area contributed by atoms with Gasteiger partial charge in [0.25, 0.3) is 0 Å². The molecule has 0 fully saturated rings. The Labute approximate surface area is 93.0 Å². The van der Waals surface area contributed by atoms with Gasteiger partial charge in [-0.25, -0.2) is 8.78 Å². The van der Waals surface area contributed by atoms with Crippen LogP contribution < -0.4 is 0 Å². The van der Waals surface area contributed by atoms with Gasteiger partial charge in [-0.2, -0.15) is 0 Å². The molecule has 0 heterocycles. The average molecular weight is 275 g/mol. The van der Waals surface area contributed by atoms with E-state index in [4.69, 9.17) is 5.11 Å². The molecule has 15 heavy (non-hydrogen) atoms. The molecule has 0 bridgehead atoms. The second kappa shape index (κ2) is 4.89. The summed E-state index contributed by atoms with van der Waals surface area (Å²) in [5, 5.41) is 8.28. The van der Waals surface area contributed by atoms with Crippen molar-refractivity contribution < 1.29 is 18.7 Å². The molecule has 78 valence electrons. The zero-order chi connectivity index (χ0) is 11.4. The molecule has 0 atom stereocenters. The predicted octanol–water partition coefficient (Wildman–Crippen LogP) is 2.55. The Morgan fingerprint density at radius 2 is 1.93 bits per heavy atom. The second-order valence-corrected chi connectivity index (χ2v) is 3.53. The van der Waals surface area contributed by atoms with E-state index in [0.717, 1.165) is 12.1 Å². The highest BCUT2D eigenvalue weighted by atomic mass is 79.9. The summed E-state index contributed by atoms with van der Waals surface area (Å²) in [7, 11) is 0. The van der Waals surface area contributed by atoms with Crippen molar-refractivity contribution in [2.75, 3.05) is 0 Å². The molecule has 0 saturated carbocycles. The highest BCUT2D eigenvalue weighted by molar-refractivity contribution is 9.10. The lowest BCUT2D eigenvalue weighted by atomic mass is 10.2. The normalized spacial score (nSPS) is 9.27. The van der Waals surface area contributed by atoms with Gasteiger partial charge in [0.05, 0.1) is 5.56 Å². The molecule has 0 saturated heterocycles. The van der Waals surface area contributed by atoms with Crippen molar-refractivity contribution in [3.63, 3.8) is 0 Å². The Kier molecular flexibility index (Phi) is 3.81. The lowest BCUT2D eigenvalue weighted by Gasteiger charge is -1.97. The number of carboxylic acids is 1. The maximum atomic E-state index is 13.1. The zero-order valence-electron chi connectivity index (χ0n) is 7.35. The van der Waals surface area contributed by atoms with Gasteiger partial charge in [-0.15, -0.1) is 0 Å². The maximum absolute atomic E-state index is 13.1. The summed E-state index contributed by atoms with van der Waals surface area (Å²) in [5.41, 5.74) is -0.417. The van der Waals surface area contributed by atoms with Crippen LogP contribution in [-0.4, -0.2) is 11.1 Å². The fourth-order valence-corrected chi connectivity index (χ4v) is 1.27. The van der Waals surface area contributed by atoms with Crippen LogP contribution in [0.4, 0.5) is 8.78 Å². The fraction of sp³-hybridized carbons (Fsp3) is 0.100. The van der Waals surface area contributed by atoms with E-state index >= 15 is 0 Å². The van der Waals surface area contributed by atoms with Gasteiger partial charge in [-0.1, -0.05) is 27.8 Å². The minimum atomic E-state index is -1.14. The number of aliphatic carboxylic acids is 1. The first-order valence-corrected chi connectivity index (χ1v) is 4.65. The Balaban J connectivity index is 3.03. The molecule has 0 aliphatic rings. The molecule has 0 aromatic heterocycles. The van der Waals surface area contributed by atoms with Crippen LogP contribution in [0.1, 0.15) is 12.0 Å². The monoisotopic (exact) mass is 274 g/mol. The molecule has 1 aromatic carbocycles. The van der Waals surface area contributed by atoms with E-state index in [9.17, 15) is 13.6 Å². The van der Waals surface area contributed by atoms with Crippen molar-refractivity contribution in [2.45, 2.75) is 6.42 Å². The molecule has 0 aliphatic carbocycles. The number of hydrogen-bond acceptors (Lipinski definition) is 1. The predicted molar refractivity (Wildman–Crippen MR) is 53.2 cm³/mol. The van der Waals surface area contributed by atoms with Crippen LogP contribution >= 0.6 is 15.9 Å². The molecule has 0 amide bonds. The molecule has 1 aromatic rings. The van der Waals surface area contributed by atoms with Crippen LogP contribution in [0.25, 0.3) is 0 Å². The van der Waals surface area contributed by atoms with Crippen LogP contribution in [-0.2, 0) is 4.79 Å². The Hall–Kier alpha value is -1.41. The van der Waals surface area contributed by atoms with E-state index in [1.54, 1.807) is 0 Å². The number of carbonyl (C=O) groups is 1. The molecule has 1 N–H and O–H groups in total. The third-order valence-corrected chi connectivity index (χ3v) is 1.92. The Morgan fingerprint density at radius 1 is 1.40 bits per heavy atom. The van der Waals surface area contributed by atoms with Gasteiger partial charge < -0.3 is 5.11 Å². The molecule has 0 unspecified atom stereocenters. The second-order valence-electron chi connectivity index (χ2n) is 2.62. The van der Waals surface area contributed by atoms with Crippen LogP contribution in [0.3, 0.4) is 0 Å². The third kappa shape index (κ3) is 3.33. The highest BCUT2D eigenvalue weighted by Crippen LogP contribution is 2.18. The molecule has 0 aliphatic heterocycles. The summed E-state index contributed by atoms with van der Waals surface area (Å²) < 4.78 is 26.5. The van der Waals surface area contributed by atoms with Gasteiger partial charge in [0.2, 0.25) is 0 Å². The quantitative estimate of drug-likeness (QED) is 0.800. The Morgan fingerprint density at radius 3 is 2.40 bits per heavy atom. The van der Waals surface area contributed by atoms with Crippen molar-refractivity contribution in [1.29, 1.82) is 0 Å². The number of rotatable bonds is 1. The first kappa shape index (κ1) is 11.7. The summed E-state index contributed by atoms with van der Waals surface area (Å²) in [6.07, 6.45) is -0.449. The lowest BCUT2D eigenvalue weighted by Crippen LogP contribution is -1.93. The molecule has 0 spiro atoms. The van der Waals surface area contributed by atoms with E-state index in [1.807, 2.05) is 0 Å². The molecular weight excluding hydrogens is 270 g/mol. The smallest absolute Gasteiger partial charge is 0.315 e. The van der Waals surface area contributed by atoms with Gasteiger partial charge in [0.15, 0.2) is 0 Å². The molecular formula is C10H5BrF2O2. The number of carboxylic acid groups (broad SMARTS) is 1. The van der Waals surface area contributed by atoms with Crippen LogP contribution in [0.2, 0.25) is 0 Å². The van der Waals surface area contributed by atoms with Crippen molar-refractivity contribution in [1.82, 2.24) is 0 Å². The van der Waals surface area contributed by atoms with E-state index in [1.165, 1.54) is 0 Å². The standard InChI is InChI=1S/C10H5BrF2O2/c11-6-4-8(12)7(9(13)5-6)2-1-3-10(14)15/h4-5H,3H2,(H,14,15). The van der Waals surface area contributed by atoms with Crippen LogP contribution in [0.15, 0.2) is 16.6 Å². The molecule has 2 nitrogen and oxygen atoms in total. The van der Waals surface area contributed by atoms with E-state index in [-0.39, 0.29) is 4.47 Å². The lowest BCUT2D eigenvalue weighted by molar-refractivity contribution is -0.135. The topological polar surface area (TPSA) is 37.3 Å². The van der Waals surface area contributed by atoms with Gasteiger partial charge in [0.1, 0.15) is 18.1 Å². The summed E-state index contributed by atoms with van der Waals surface area (Å²) in [5.74, 6) is 1.52. The van der Waals surface area contributed by atoms with Crippen LogP contribution in [0.5, 0.6) is 0 Å². The minimum absolute atomic E-state index is 0.265. The van der Waals surface area contributed by atoms with Crippen molar-refractivity contribution in [2.24, 2.45) is 0 Å². The number of benzene rings is 1. The van der Waals surface area contributed by atoms with Crippen molar-refractivity contribution >= 4 is 21.9 Å². The summed E-state index contributed by atoms with van der Waals surface area (Å²) in [6.45, 7) is 0. The first-order chi connectivity index (χ1) is 7.00. The molecule has 1 rings (SSSR count). The molecule has 0 radical (unpaired) electrons. The van der Waals surface area contributed by atoms with Crippen molar-refractivity contribution in [3.8, 4) is 11.8 Å². The first-order valence-electron chi connectivity index (χ1n) is 3.86. The Bertz CT molecular complexity index is 437. The van der Waals surface area contributed by atoms with Gasteiger partial charge >= 0.3 is 5.97 Å². The zero-order valence-corrected chi connectivity index (χ0v) is 8.94. The minimum Gasteiger partial charge on any atom is -0.481 e. The van der Waals surface area contributed by atoms with E-state index < -0.39 is 29.6 Å². The molecule has 5 heteroatoms. The number of halogens is 3. The third-order valence-electron chi connectivity index (χ3n) is 1.46. The number of hydrogen-bond donors (Lipinski definition) is 1. The highest BCUT2D eigenvalue weighted by Gasteiger charge is 2.07. The van der Waals surface area contributed by atoms with Gasteiger partial charge in [0, 0.05) is 4.47 Å². The summed E-state index contributed by atoms with van der Waals surface area (Å²) in [4.78, 5) is 10.1.